The number of hydrogen-bond acceptors (Lipinski definition) is 3. The lowest BCUT2D eigenvalue weighted by atomic mass is 10.1. The van der Waals surface area contributed by atoms with Gasteiger partial charge in [0.25, 0.3) is 5.91 Å². The zero-order valence-electron chi connectivity index (χ0n) is 12.3. The van der Waals surface area contributed by atoms with Crippen molar-refractivity contribution >= 4 is 38.1 Å². The number of fused-ring (bicyclic) bond motifs is 1. The second kappa shape index (κ2) is 5.89. The first-order chi connectivity index (χ1) is 10.0. The van der Waals surface area contributed by atoms with E-state index in [2.05, 4.69) is 19.9 Å². The number of carbonyl (C=O) groups excluding carboxylic acids is 1. The number of aryl methyl sites for hydroxylation is 1. The molecule has 0 unspecified atom stereocenters. The van der Waals surface area contributed by atoms with Gasteiger partial charge in [0.05, 0.1) is 5.56 Å². The number of carbonyl (C=O) groups is 1. The zero-order valence-corrected chi connectivity index (χ0v) is 13.9. The third-order valence-corrected chi connectivity index (χ3v) is 6.36. The second-order valence-corrected chi connectivity index (χ2v) is 8.35. The largest absolute Gasteiger partial charge is 0.337 e. The van der Waals surface area contributed by atoms with Gasteiger partial charge in [-0.1, -0.05) is 19.1 Å². The quantitative estimate of drug-likeness (QED) is 0.809. The molecule has 1 amide bonds. The molecular formula is C16H19NO2S2. The maximum atomic E-state index is 12.8. The predicted molar refractivity (Wildman–Crippen MR) is 89.5 cm³/mol. The van der Waals surface area contributed by atoms with E-state index in [0.29, 0.717) is 30.5 Å². The van der Waals surface area contributed by atoms with Gasteiger partial charge < -0.3 is 4.90 Å². The van der Waals surface area contributed by atoms with E-state index in [1.54, 1.807) is 11.3 Å². The van der Waals surface area contributed by atoms with Gasteiger partial charge in [0.1, 0.15) is 0 Å². The van der Waals surface area contributed by atoms with Gasteiger partial charge in [0, 0.05) is 50.9 Å². The van der Waals surface area contributed by atoms with Gasteiger partial charge in [-0.15, -0.1) is 11.3 Å². The molecule has 3 nitrogen and oxygen atoms in total. The number of amides is 1. The Morgan fingerprint density at radius 3 is 3.05 bits per heavy atom. The highest BCUT2D eigenvalue weighted by atomic mass is 32.2. The van der Waals surface area contributed by atoms with Gasteiger partial charge in [-0.3, -0.25) is 9.00 Å². The van der Waals surface area contributed by atoms with Crippen LogP contribution >= 0.6 is 11.3 Å². The van der Waals surface area contributed by atoms with Gasteiger partial charge >= 0.3 is 0 Å². The van der Waals surface area contributed by atoms with E-state index in [0.717, 1.165) is 15.6 Å². The molecule has 1 saturated heterocycles. The van der Waals surface area contributed by atoms with Crippen LogP contribution in [0.4, 0.5) is 0 Å². The molecule has 2 heterocycles. The van der Waals surface area contributed by atoms with Crippen LogP contribution in [0.3, 0.4) is 0 Å². The minimum Gasteiger partial charge on any atom is -0.337 e. The minimum atomic E-state index is -0.793. The van der Waals surface area contributed by atoms with Gasteiger partial charge in [0.15, 0.2) is 0 Å². The average Bonchev–Trinajstić information content (AvgIpc) is 2.76. The summed E-state index contributed by atoms with van der Waals surface area (Å²) in [6, 6.07) is 6.20. The summed E-state index contributed by atoms with van der Waals surface area (Å²) < 4.78 is 12.9. The van der Waals surface area contributed by atoms with E-state index in [-0.39, 0.29) is 5.91 Å². The summed E-state index contributed by atoms with van der Waals surface area (Å²) in [4.78, 5) is 14.7. The van der Waals surface area contributed by atoms with Crippen molar-refractivity contribution < 1.29 is 9.00 Å². The molecule has 21 heavy (non-hydrogen) atoms. The number of nitrogens with zero attached hydrogens (tertiary/aromatic N) is 1. The van der Waals surface area contributed by atoms with Crippen molar-refractivity contribution in [1.82, 2.24) is 4.90 Å². The third-order valence-electron chi connectivity index (χ3n) is 3.84. The van der Waals surface area contributed by atoms with Gasteiger partial charge in [-0.2, -0.15) is 0 Å². The molecular weight excluding hydrogens is 302 g/mol. The first kappa shape index (κ1) is 14.7. The maximum absolute atomic E-state index is 12.8. The van der Waals surface area contributed by atoms with E-state index >= 15 is 0 Å². The van der Waals surface area contributed by atoms with Crippen molar-refractivity contribution in [1.29, 1.82) is 0 Å². The highest BCUT2D eigenvalue weighted by Crippen LogP contribution is 2.28. The van der Waals surface area contributed by atoms with Crippen molar-refractivity contribution in [2.24, 2.45) is 5.92 Å². The molecule has 1 aromatic carbocycles. The van der Waals surface area contributed by atoms with Crippen LogP contribution in [0.25, 0.3) is 10.1 Å². The number of rotatable bonds is 1. The molecule has 1 fully saturated rings. The SMILES string of the molecule is Cc1ccc2c(C(=O)N3CC[S@@](=O)C[C@@H](C)C3)csc2c1. The summed E-state index contributed by atoms with van der Waals surface area (Å²) in [6.45, 7) is 5.43. The van der Waals surface area contributed by atoms with Crippen molar-refractivity contribution in [2.45, 2.75) is 13.8 Å². The summed E-state index contributed by atoms with van der Waals surface area (Å²) in [6.07, 6.45) is 0. The van der Waals surface area contributed by atoms with E-state index < -0.39 is 10.8 Å². The fraction of sp³-hybridized carbons (Fsp3) is 0.438. The molecule has 0 N–H and O–H groups in total. The first-order valence-electron chi connectivity index (χ1n) is 7.16. The molecule has 1 aliphatic heterocycles. The molecule has 5 heteroatoms. The number of benzene rings is 1. The molecule has 0 spiro atoms. The normalized spacial score (nSPS) is 23.2. The summed E-state index contributed by atoms with van der Waals surface area (Å²) >= 11 is 1.62. The van der Waals surface area contributed by atoms with Crippen LogP contribution in [0.15, 0.2) is 23.6 Å². The molecule has 2 aromatic rings. The Bertz CT molecular complexity index is 707. The molecule has 0 bridgehead atoms. The van der Waals surface area contributed by atoms with Crippen LogP contribution < -0.4 is 0 Å². The smallest absolute Gasteiger partial charge is 0.255 e. The van der Waals surface area contributed by atoms with E-state index in [4.69, 9.17) is 0 Å². The molecule has 2 atom stereocenters. The molecule has 0 aliphatic carbocycles. The summed E-state index contributed by atoms with van der Waals surface area (Å²) in [7, 11) is -0.793. The van der Waals surface area contributed by atoms with E-state index in [1.807, 2.05) is 22.4 Å². The van der Waals surface area contributed by atoms with Crippen LogP contribution in [-0.2, 0) is 10.8 Å². The lowest BCUT2D eigenvalue weighted by Crippen LogP contribution is -2.35. The van der Waals surface area contributed by atoms with Crippen LogP contribution in [0.5, 0.6) is 0 Å². The molecule has 0 saturated carbocycles. The van der Waals surface area contributed by atoms with Crippen molar-refractivity contribution in [2.75, 3.05) is 24.6 Å². The summed E-state index contributed by atoms with van der Waals surface area (Å²) in [5.74, 6) is 1.67. The third kappa shape index (κ3) is 3.04. The molecule has 112 valence electrons. The number of thiophene rings is 1. The van der Waals surface area contributed by atoms with Crippen LogP contribution in [-0.4, -0.2) is 39.6 Å². The number of hydrogen-bond donors (Lipinski definition) is 0. The van der Waals surface area contributed by atoms with Crippen molar-refractivity contribution in [3.63, 3.8) is 0 Å². The first-order valence-corrected chi connectivity index (χ1v) is 9.53. The van der Waals surface area contributed by atoms with Crippen LogP contribution in [0.2, 0.25) is 0 Å². The average molecular weight is 321 g/mol. The Morgan fingerprint density at radius 2 is 2.24 bits per heavy atom. The molecule has 0 radical (unpaired) electrons. The standard InChI is InChI=1S/C16H19NO2S2/c1-11-3-4-13-14(9-20-15(13)7-11)16(18)17-5-6-21(19)10-12(2)8-17/h3-4,7,9,12H,5-6,8,10H2,1-2H3/t12-,21+/m0/s1. The fourth-order valence-electron chi connectivity index (χ4n) is 2.79. The van der Waals surface area contributed by atoms with E-state index in [9.17, 15) is 9.00 Å². The van der Waals surface area contributed by atoms with E-state index in [1.165, 1.54) is 5.56 Å². The monoisotopic (exact) mass is 321 g/mol. The Labute approximate surface area is 131 Å². The molecule has 1 aliphatic rings. The maximum Gasteiger partial charge on any atom is 0.255 e. The van der Waals surface area contributed by atoms with Crippen LogP contribution in [0, 0.1) is 12.8 Å². The highest BCUT2D eigenvalue weighted by Gasteiger charge is 2.25. The van der Waals surface area contributed by atoms with Crippen LogP contribution in [0.1, 0.15) is 22.8 Å². The summed E-state index contributed by atoms with van der Waals surface area (Å²) in [5, 5.41) is 2.99. The van der Waals surface area contributed by atoms with Gasteiger partial charge in [0.2, 0.25) is 0 Å². The molecule has 1 aromatic heterocycles. The molecule has 3 rings (SSSR count). The Hall–Kier alpha value is -1.20. The van der Waals surface area contributed by atoms with Crippen molar-refractivity contribution in [3.8, 4) is 0 Å². The Balaban J connectivity index is 1.91. The lowest BCUT2D eigenvalue weighted by Gasteiger charge is -2.22. The zero-order chi connectivity index (χ0) is 15.0. The Kier molecular flexibility index (Phi) is 4.13. The van der Waals surface area contributed by atoms with Gasteiger partial charge in [-0.05, 0) is 24.5 Å². The predicted octanol–water partition coefficient (Wildman–Crippen LogP) is 3.05. The van der Waals surface area contributed by atoms with Crippen molar-refractivity contribution in [3.05, 3.63) is 34.7 Å². The lowest BCUT2D eigenvalue weighted by molar-refractivity contribution is 0.0754. The minimum absolute atomic E-state index is 0.0795. The second-order valence-electron chi connectivity index (χ2n) is 5.82. The fourth-order valence-corrected chi connectivity index (χ4v) is 5.15. The topological polar surface area (TPSA) is 37.4 Å². The highest BCUT2D eigenvalue weighted by molar-refractivity contribution is 7.85. The summed E-state index contributed by atoms with van der Waals surface area (Å²) in [5.41, 5.74) is 2.00. The van der Waals surface area contributed by atoms with Gasteiger partial charge in [-0.25, -0.2) is 0 Å². The Morgan fingerprint density at radius 1 is 1.43 bits per heavy atom.